The Hall–Kier alpha value is -2.55. The summed E-state index contributed by atoms with van der Waals surface area (Å²) in [5.74, 6) is 1.87. The summed E-state index contributed by atoms with van der Waals surface area (Å²) in [5, 5.41) is 17.3. The monoisotopic (exact) mass is 488 g/mol. The van der Waals surface area contributed by atoms with Crippen LogP contribution in [-0.4, -0.2) is 52.7 Å². The molecule has 1 aromatic rings. The maximum absolute atomic E-state index is 13.5. The summed E-state index contributed by atoms with van der Waals surface area (Å²) in [4.78, 5) is 24.7. The fourth-order valence-electron chi connectivity index (χ4n) is 6.39. The Morgan fingerprint density at radius 1 is 1.31 bits per heavy atom. The van der Waals surface area contributed by atoms with Crippen molar-refractivity contribution in [1.29, 1.82) is 0 Å². The molecule has 0 radical (unpaired) electrons. The van der Waals surface area contributed by atoms with Crippen LogP contribution in [0.15, 0.2) is 12.3 Å². The van der Waals surface area contributed by atoms with E-state index in [0.717, 1.165) is 32.1 Å². The Kier molecular flexibility index (Phi) is 7.18. The van der Waals surface area contributed by atoms with Crippen LogP contribution < -0.4 is 15.8 Å². The first-order chi connectivity index (χ1) is 16.5. The first kappa shape index (κ1) is 25.5. The van der Waals surface area contributed by atoms with Gasteiger partial charge in [0.1, 0.15) is 5.56 Å². The summed E-state index contributed by atoms with van der Waals surface area (Å²) < 4.78 is 12.8. The van der Waals surface area contributed by atoms with Gasteiger partial charge in [-0.2, -0.15) is 5.10 Å². The number of primary amides is 1. The zero-order chi connectivity index (χ0) is 25.4. The molecule has 2 amide bonds. The zero-order valence-electron chi connectivity index (χ0n) is 21.3. The second-order valence-electron chi connectivity index (χ2n) is 12.1. The number of hydrogen-bond acceptors (Lipinski definition) is 6. The predicted octanol–water partition coefficient (Wildman–Crippen LogP) is 3.43. The quantitative estimate of drug-likeness (QED) is 0.463. The van der Waals surface area contributed by atoms with Gasteiger partial charge in [-0.15, -0.1) is 0 Å². The third-order valence-corrected chi connectivity index (χ3v) is 7.84. The van der Waals surface area contributed by atoms with E-state index in [1.54, 1.807) is 17.1 Å². The van der Waals surface area contributed by atoms with Crippen LogP contribution in [0.3, 0.4) is 0 Å². The summed E-state index contributed by atoms with van der Waals surface area (Å²) in [6, 6.07) is 0.0888. The molecule has 0 saturated heterocycles. The maximum atomic E-state index is 13.5. The lowest BCUT2D eigenvalue weighted by Gasteiger charge is -2.59. The normalized spacial score (nSPS) is 29.7. The Balaban J connectivity index is 1.50. The molecule has 5 rings (SSSR count). The molecule has 9 nitrogen and oxygen atoms in total. The van der Waals surface area contributed by atoms with E-state index in [-0.39, 0.29) is 29.9 Å². The molecule has 9 heteroatoms. The number of aliphatic hydroxyl groups is 1. The van der Waals surface area contributed by atoms with Gasteiger partial charge in [0.25, 0.3) is 5.91 Å². The minimum absolute atomic E-state index is 0.00226. The highest BCUT2D eigenvalue weighted by atomic mass is 16.5. The molecule has 35 heavy (non-hydrogen) atoms. The van der Waals surface area contributed by atoms with Gasteiger partial charge in [-0.05, 0) is 55.8 Å². The average Bonchev–Trinajstić information content (AvgIpc) is 3.20. The van der Waals surface area contributed by atoms with Crippen molar-refractivity contribution < 1.29 is 24.2 Å². The smallest absolute Gasteiger partial charge is 0.404 e. The molecule has 4 aliphatic carbocycles. The number of carbonyl (C=O) groups excluding carboxylic acids is 2. The van der Waals surface area contributed by atoms with E-state index in [2.05, 4.69) is 24.3 Å². The molecule has 4 aliphatic rings. The molecule has 0 aliphatic heterocycles. The highest BCUT2D eigenvalue weighted by Crippen LogP contribution is 2.60. The lowest BCUT2D eigenvalue weighted by molar-refractivity contribution is -0.0977. The van der Waals surface area contributed by atoms with E-state index >= 15 is 0 Å². The minimum Gasteiger partial charge on any atom is -0.477 e. The van der Waals surface area contributed by atoms with Gasteiger partial charge in [0, 0.05) is 23.1 Å². The summed E-state index contributed by atoms with van der Waals surface area (Å²) in [7, 11) is 0. The van der Waals surface area contributed by atoms with Crippen LogP contribution in [-0.2, 0) is 4.74 Å². The van der Waals surface area contributed by atoms with E-state index in [9.17, 15) is 14.7 Å². The number of amides is 2. The highest BCUT2D eigenvalue weighted by molar-refractivity contribution is 5.96. The summed E-state index contributed by atoms with van der Waals surface area (Å²) in [6.07, 6.45) is 9.57. The van der Waals surface area contributed by atoms with E-state index in [1.807, 2.05) is 19.9 Å². The van der Waals surface area contributed by atoms with Crippen LogP contribution in [0.4, 0.5) is 4.79 Å². The van der Waals surface area contributed by atoms with Crippen LogP contribution in [0.2, 0.25) is 0 Å². The summed E-state index contributed by atoms with van der Waals surface area (Å²) >= 11 is 0. The van der Waals surface area contributed by atoms with Gasteiger partial charge in [-0.1, -0.05) is 33.8 Å². The van der Waals surface area contributed by atoms with Crippen molar-refractivity contribution in [3.63, 3.8) is 0 Å². The van der Waals surface area contributed by atoms with Crippen LogP contribution in [0.1, 0.15) is 70.2 Å². The topological polar surface area (TPSA) is 129 Å². The number of rotatable bonds is 10. The van der Waals surface area contributed by atoms with Crippen molar-refractivity contribution in [2.75, 3.05) is 19.8 Å². The van der Waals surface area contributed by atoms with Crippen molar-refractivity contribution in [2.45, 2.75) is 65.8 Å². The average molecular weight is 489 g/mol. The molecule has 2 atom stereocenters. The summed E-state index contributed by atoms with van der Waals surface area (Å²) in [6.45, 7) is 8.78. The first-order valence-electron chi connectivity index (χ1n) is 12.7. The zero-order valence-corrected chi connectivity index (χ0v) is 21.3. The Morgan fingerprint density at radius 2 is 2.00 bits per heavy atom. The van der Waals surface area contributed by atoms with Gasteiger partial charge in [0.15, 0.2) is 0 Å². The largest absolute Gasteiger partial charge is 0.477 e. The molecule has 4 fully saturated rings. The van der Waals surface area contributed by atoms with Crippen LogP contribution in [0, 0.1) is 34.5 Å². The molecule has 4 bridgehead atoms. The lowest BCUT2D eigenvalue weighted by atomic mass is 9.48. The molecule has 0 spiro atoms. The van der Waals surface area contributed by atoms with E-state index in [4.69, 9.17) is 15.2 Å². The molecule has 1 heterocycles. The predicted molar refractivity (Wildman–Crippen MR) is 132 cm³/mol. The number of aromatic nitrogens is 2. The number of carbonyl (C=O) groups is 2. The Morgan fingerprint density at radius 3 is 2.60 bits per heavy atom. The number of nitrogens with two attached hydrogens (primary N) is 1. The second kappa shape index (κ2) is 9.84. The van der Waals surface area contributed by atoms with Gasteiger partial charge in [0.05, 0.1) is 26.0 Å². The molecular weight excluding hydrogens is 448 g/mol. The summed E-state index contributed by atoms with van der Waals surface area (Å²) in [5.41, 5.74) is 5.23. The van der Waals surface area contributed by atoms with Gasteiger partial charge in [0.2, 0.25) is 5.88 Å². The maximum Gasteiger partial charge on any atom is 0.404 e. The first-order valence-corrected chi connectivity index (χ1v) is 12.7. The van der Waals surface area contributed by atoms with Crippen molar-refractivity contribution in [1.82, 2.24) is 15.1 Å². The molecule has 2 unspecified atom stereocenters. The van der Waals surface area contributed by atoms with E-state index in [1.165, 1.54) is 0 Å². The fourth-order valence-corrected chi connectivity index (χ4v) is 6.39. The van der Waals surface area contributed by atoms with Crippen molar-refractivity contribution in [2.24, 2.45) is 40.2 Å². The number of nitrogens with zero attached hydrogens (tertiary/aromatic N) is 2. The minimum atomic E-state index is -0.715. The number of nitrogens with one attached hydrogen (secondary N) is 1. The molecule has 0 aromatic carbocycles. The van der Waals surface area contributed by atoms with Gasteiger partial charge in [-0.25, -0.2) is 9.48 Å². The molecule has 4 saturated carbocycles. The molecular formula is C26H40N4O5. The van der Waals surface area contributed by atoms with Crippen LogP contribution in [0.5, 0.6) is 5.88 Å². The SMILES string of the molecule is CC(C)COc1c(C(=O)N[C@H]2C3CC4CC2C[C@](COC(N)=O)(C4)C3)cnn1/C=C/C(C)(C)CO. The molecule has 194 valence electrons. The third-order valence-electron chi connectivity index (χ3n) is 7.84. The van der Waals surface area contributed by atoms with E-state index < -0.39 is 11.5 Å². The lowest BCUT2D eigenvalue weighted by Crippen LogP contribution is -2.60. The third kappa shape index (κ3) is 5.66. The second-order valence-corrected chi connectivity index (χ2v) is 12.1. The van der Waals surface area contributed by atoms with Crippen molar-refractivity contribution >= 4 is 18.2 Å². The Bertz CT molecular complexity index is 953. The number of hydrogen-bond donors (Lipinski definition) is 3. The fraction of sp³-hybridized carbons (Fsp3) is 0.731. The number of ether oxygens (including phenoxy) is 2. The molecule has 4 N–H and O–H groups in total. The van der Waals surface area contributed by atoms with Crippen LogP contribution in [0.25, 0.3) is 6.20 Å². The van der Waals surface area contributed by atoms with Gasteiger partial charge < -0.3 is 25.6 Å². The standard InChI is InChI=1S/C26H40N4O5/c1-16(2)13-34-23-20(12-28-30(23)6-5-25(3,4)14-31)22(32)29-21-18-7-17-8-19(21)11-26(9-17,10-18)15-35-24(27)33/h5-6,12,16-19,21,31H,7-11,13-15H2,1-4H3,(H2,27,33)(H,29,32)/b6-5+/t17?,18?,19?,21-,26-. The number of aliphatic hydroxyl groups excluding tert-OH is 1. The van der Waals surface area contributed by atoms with Gasteiger partial charge in [-0.3, -0.25) is 4.79 Å². The van der Waals surface area contributed by atoms with Crippen LogP contribution >= 0.6 is 0 Å². The highest BCUT2D eigenvalue weighted by Gasteiger charge is 2.56. The molecule has 1 aromatic heterocycles. The van der Waals surface area contributed by atoms with Crippen molar-refractivity contribution in [3.8, 4) is 5.88 Å². The Labute approximate surface area is 207 Å². The van der Waals surface area contributed by atoms with E-state index in [0.29, 0.717) is 42.4 Å². The van der Waals surface area contributed by atoms with Gasteiger partial charge >= 0.3 is 6.09 Å². The van der Waals surface area contributed by atoms with Crippen molar-refractivity contribution in [3.05, 3.63) is 17.8 Å².